The highest BCUT2D eigenvalue weighted by Crippen LogP contribution is 2.24. The van der Waals surface area contributed by atoms with E-state index in [0.29, 0.717) is 44.4 Å². The van der Waals surface area contributed by atoms with E-state index in [-0.39, 0.29) is 17.2 Å². The minimum Gasteiger partial charge on any atom is -0.448 e. The van der Waals surface area contributed by atoms with Gasteiger partial charge in [-0.2, -0.15) is 4.31 Å². The van der Waals surface area contributed by atoms with Crippen LogP contribution in [0.3, 0.4) is 0 Å². The molecule has 1 aromatic carbocycles. The highest BCUT2D eigenvalue weighted by molar-refractivity contribution is 7.89. The van der Waals surface area contributed by atoms with Gasteiger partial charge in [0, 0.05) is 31.7 Å². The molecule has 0 aliphatic carbocycles. The lowest BCUT2D eigenvalue weighted by molar-refractivity contribution is -0.116. The number of piperidine rings is 1. The predicted molar refractivity (Wildman–Crippen MR) is 99.8 cm³/mol. The zero-order valence-corrected chi connectivity index (χ0v) is 16.2. The topological polar surface area (TPSA) is 96.0 Å². The van der Waals surface area contributed by atoms with E-state index in [1.807, 2.05) is 0 Å². The molecule has 0 spiro atoms. The number of rotatable bonds is 6. The Morgan fingerprint density at radius 1 is 1.26 bits per heavy atom. The molecule has 1 N–H and O–H groups in total. The van der Waals surface area contributed by atoms with Crippen LogP contribution in [0.5, 0.6) is 0 Å². The Bertz CT molecular complexity index is 794. The summed E-state index contributed by atoms with van der Waals surface area (Å²) in [6.45, 7) is 4.29. The summed E-state index contributed by atoms with van der Waals surface area (Å²) in [5, 5.41) is 2.72. The van der Waals surface area contributed by atoms with Crippen molar-refractivity contribution >= 4 is 27.7 Å². The van der Waals surface area contributed by atoms with Gasteiger partial charge in [-0.1, -0.05) is 6.92 Å². The van der Waals surface area contributed by atoms with Gasteiger partial charge in [-0.05, 0) is 43.0 Å². The lowest BCUT2D eigenvalue weighted by Gasteiger charge is -2.30. The van der Waals surface area contributed by atoms with E-state index in [1.165, 1.54) is 21.3 Å². The van der Waals surface area contributed by atoms with Crippen molar-refractivity contribution in [1.29, 1.82) is 0 Å². The first kappa shape index (κ1) is 19.6. The molecule has 1 atom stereocenters. The van der Waals surface area contributed by atoms with Crippen molar-refractivity contribution in [3.05, 3.63) is 24.3 Å². The number of nitrogens with one attached hydrogen (secondary N) is 1. The van der Waals surface area contributed by atoms with Crippen molar-refractivity contribution in [2.24, 2.45) is 5.92 Å². The van der Waals surface area contributed by atoms with Gasteiger partial charge < -0.3 is 15.0 Å². The van der Waals surface area contributed by atoms with Gasteiger partial charge in [-0.15, -0.1) is 0 Å². The Labute approximate surface area is 159 Å². The Morgan fingerprint density at radius 2 is 2.00 bits per heavy atom. The molecule has 0 saturated carbocycles. The second-order valence-electron chi connectivity index (χ2n) is 7.03. The van der Waals surface area contributed by atoms with Gasteiger partial charge in [0.1, 0.15) is 6.61 Å². The second-order valence-corrected chi connectivity index (χ2v) is 8.97. The van der Waals surface area contributed by atoms with E-state index in [9.17, 15) is 18.0 Å². The van der Waals surface area contributed by atoms with E-state index in [0.717, 1.165) is 12.8 Å². The van der Waals surface area contributed by atoms with Crippen LogP contribution in [0.25, 0.3) is 0 Å². The van der Waals surface area contributed by atoms with Crippen LogP contribution in [0.15, 0.2) is 29.2 Å². The molecule has 0 bridgehead atoms. The van der Waals surface area contributed by atoms with E-state index in [2.05, 4.69) is 12.2 Å². The first-order valence-corrected chi connectivity index (χ1v) is 10.6. The zero-order chi connectivity index (χ0) is 19.4. The minimum atomic E-state index is -3.51. The lowest BCUT2D eigenvalue weighted by atomic mass is 10.0. The number of anilines is 1. The molecule has 0 aromatic heterocycles. The van der Waals surface area contributed by atoms with Gasteiger partial charge in [-0.25, -0.2) is 13.2 Å². The molecule has 2 fully saturated rings. The predicted octanol–water partition coefficient (Wildman–Crippen LogP) is 1.89. The van der Waals surface area contributed by atoms with Crippen molar-refractivity contribution < 1.29 is 22.7 Å². The average Bonchev–Trinajstić information content (AvgIpc) is 3.05. The quantitative estimate of drug-likeness (QED) is 0.793. The molecule has 8 nitrogen and oxygen atoms in total. The molecule has 148 valence electrons. The number of carbonyl (C=O) groups is 2. The Kier molecular flexibility index (Phi) is 6.01. The van der Waals surface area contributed by atoms with Crippen LogP contribution in [0.2, 0.25) is 0 Å². The molecular formula is C18H25N3O5S. The average molecular weight is 395 g/mol. The highest BCUT2D eigenvalue weighted by Gasteiger charge is 2.28. The van der Waals surface area contributed by atoms with Crippen molar-refractivity contribution in [1.82, 2.24) is 9.21 Å². The molecule has 2 aliphatic heterocycles. The van der Waals surface area contributed by atoms with Crippen LogP contribution in [0.4, 0.5) is 10.5 Å². The summed E-state index contributed by atoms with van der Waals surface area (Å²) in [7, 11) is -3.51. The molecule has 9 heteroatoms. The first-order valence-electron chi connectivity index (χ1n) is 9.18. The van der Waals surface area contributed by atoms with Crippen molar-refractivity contribution in [2.45, 2.75) is 31.1 Å². The molecule has 2 aliphatic rings. The fourth-order valence-corrected chi connectivity index (χ4v) is 4.91. The fourth-order valence-electron chi connectivity index (χ4n) is 3.31. The van der Waals surface area contributed by atoms with E-state index in [4.69, 9.17) is 4.74 Å². The van der Waals surface area contributed by atoms with Crippen molar-refractivity contribution in [3.8, 4) is 0 Å². The number of benzene rings is 1. The zero-order valence-electron chi connectivity index (χ0n) is 15.4. The summed E-state index contributed by atoms with van der Waals surface area (Å²) >= 11 is 0. The number of hydrogen-bond donors (Lipinski definition) is 1. The summed E-state index contributed by atoms with van der Waals surface area (Å²) in [5.74, 6) is 0.120. The van der Waals surface area contributed by atoms with Gasteiger partial charge in [0.05, 0.1) is 11.4 Å². The third kappa shape index (κ3) is 4.78. The van der Waals surface area contributed by atoms with Crippen LogP contribution in [-0.4, -0.2) is 62.4 Å². The molecule has 1 unspecified atom stereocenters. The molecule has 2 amide bonds. The molecule has 2 saturated heterocycles. The molecule has 27 heavy (non-hydrogen) atoms. The summed E-state index contributed by atoms with van der Waals surface area (Å²) in [6.07, 6.45) is 1.68. The highest BCUT2D eigenvalue weighted by atomic mass is 32.2. The normalized spacial score (nSPS) is 21.1. The largest absolute Gasteiger partial charge is 0.448 e. The smallest absolute Gasteiger partial charge is 0.409 e. The van der Waals surface area contributed by atoms with Gasteiger partial charge in [-0.3, -0.25) is 4.79 Å². The second kappa shape index (κ2) is 8.26. The lowest BCUT2D eigenvalue weighted by Crippen LogP contribution is -2.39. The Morgan fingerprint density at radius 3 is 2.63 bits per heavy atom. The SMILES string of the molecule is CC1CCCN(S(=O)(=O)c2ccc(NC(=O)CCN3CCOC3=O)cc2)C1. The first-order chi connectivity index (χ1) is 12.9. The number of carbonyl (C=O) groups excluding carboxylic acids is 2. The third-order valence-electron chi connectivity index (χ3n) is 4.85. The number of hydrogen-bond acceptors (Lipinski definition) is 5. The van der Waals surface area contributed by atoms with E-state index >= 15 is 0 Å². The van der Waals surface area contributed by atoms with Crippen LogP contribution in [0.1, 0.15) is 26.2 Å². The summed E-state index contributed by atoms with van der Waals surface area (Å²) in [6, 6.07) is 6.20. The number of ether oxygens (including phenoxy) is 1. The molecule has 0 radical (unpaired) electrons. The number of cyclic esters (lactones) is 1. The molecular weight excluding hydrogens is 370 g/mol. The third-order valence-corrected chi connectivity index (χ3v) is 6.73. The van der Waals surface area contributed by atoms with Crippen molar-refractivity contribution in [3.63, 3.8) is 0 Å². The van der Waals surface area contributed by atoms with Crippen LogP contribution in [0, 0.1) is 5.92 Å². The monoisotopic (exact) mass is 395 g/mol. The Balaban J connectivity index is 1.56. The number of amides is 2. The van der Waals surface area contributed by atoms with Gasteiger partial charge in [0.2, 0.25) is 15.9 Å². The van der Waals surface area contributed by atoms with Gasteiger partial charge in [0.25, 0.3) is 0 Å². The van der Waals surface area contributed by atoms with Crippen LogP contribution in [-0.2, 0) is 19.6 Å². The maximum Gasteiger partial charge on any atom is 0.409 e. The van der Waals surface area contributed by atoms with E-state index < -0.39 is 16.1 Å². The standard InChI is InChI=1S/C18H25N3O5S/c1-14-3-2-9-21(13-14)27(24,25)16-6-4-15(5-7-16)19-17(22)8-10-20-11-12-26-18(20)23/h4-7,14H,2-3,8-13H2,1H3,(H,19,22). The summed E-state index contributed by atoms with van der Waals surface area (Å²) < 4.78 is 31.8. The Hall–Kier alpha value is -2.13. The van der Waals surface area contributed by atoms with Gasteiger partial charge in [0.15, 0.2) is 0 Å². The van der Waals surface area contributed by atoms with E-state index in [1.54, 1.807) is 12.1 Å². The summed E-state index contributed by atoms with van der Waals surface area (Å²) in [5.41, 5.74) is 0.523. The minimum absolute atomic E-state index is 0.154. The fraction of sp³-hybridized carbons (Fsp3) is 0.556. The maximum atomic E-state index is 12.7. The number of nitrogens with zero attached hydrogens (tertiary/aromatic N) is 2. The van der Waals surface area contributed by atoms with Gasteiger partial charge >= 0.3 is 6.09 Å². The number of sulfonamides is 1. The summed E-state index contributed by atoms with van der Waals surface area (Å²) in [4.78, 5) is 25.1. The molecule has 2 heterocycles. The van der Waals surface area contributed by atoms with Crippen LogP contribution >= 0.6 is 0 Å². The van der Waals surface area contributed by atoms with Crippen molar-refractivity contribution in [2.75, 3.05) is 38.1 Å². The molecule has 3 rings (SSSR count). The van der Waals surface area contributed by atoms with Crippen LogP contribution < -0.4 is 5.32 Å². The maximum absolute atomic E-state index is 12.7. The molecule has 1 aromatic rings.